The van der Waals surface area contributed by atoms with Gasteiger partial charge in [0.15, 0.2) is 0 Å². The molecule has 1 aliphatic carbocycles. The normalized spacial score (nSPS) is 15.0. The van der Waals surface area contributed by atoms with Gasteiger partial charge < -0.3 is 0 Å². The Hall–Kier alpha value is -1.34. The number of fused-ring (bicyclic) bond motifs is 1. The van der Waals surface area contributed by atoms with E-state index < -0.39 is 0 Å². The predicted molar refractivity (Wildman–Crippen MR) is 81.5 cm³/mol. The molecule has 100 valence electrons. The maximum Gasteiger partial charge on any atom is 0.226 e. The monoisotopic (exact) mass is 274 g/mol. The molecular formula is C17H19ClO. The third kappa shape index (κ3) is 2.98. The number of carbonyl (C=O) groups is 1. The van der Waals surface area contributed by atoms with Gasteiger partial charge in [-0.2, -0.15) is 0 Å². The first-order valence-corrected chi connectivity index (χ1v) is 7.16. The first kappa shape index (κ1) is 14.1. The van der Waals surface area contributed by atoms with Crippen molar-refractivity contribution in [1.29, 1.82) is 0 Å². The molecule has 1 aromatic carbocycles. The van der Waals surface area contributed by atoms with Crippen molar-refractivity contribution in [3.8, 4) is 0 Å². The standard InChI is InChI=1S/C17H19ClO/c1-3-6-12(4-2)15-10-9-13-7-5-8-14(13)16(15)11-17(18)19/h3-4,6,9-10H,5,7-8,11H2,1-2H3/b6-3-,12-4+. The molecule has 0 saturated heterocycles. The van der Waals surface area contributed by atoms with Crippen molar-refractivity contribution in [2.24, 2.45) is 0 Å². The molecule has 19 heavy (non-hydrogen) atoms. The third-order valence-electron chi connectivity index (χ3n) is 3.69. The Morgan fingerprint density at radius 2 is 2.11 bits per heavy atom. The fraction of sp³-hybridized carbons (Fsp3) is 0.353. The Balaban J connectivity index is 2.57. The average Bonchev–Trinajstić information content (AvgIpc) is 2.85. The highest BCUT2D eigenvalue weighted by Crippen LogP contribution is 2.32. The van der Waals surface area contributed by atoms with E-state index in [1.807, 2.05) is 19.9 Å². The van der Waals surface area contributed by atoms with E-state index in [0.29, 0.717) is 6.42 Å². The number of allylic oxidation sites excluding steroid dienone is 4. The summed E-state index contributed by atoms with van der Waals surface area (Å²) in [6.07, 6.45) is 9.88. The van der Waals surface area contributed by atoms with Gasteiger partial charge in [0, 0.05) is 6.42 Å². The average molecular weight is 275 g/mol. The maximum atomic E-state index is 11.4. The van der Waals surface area contributed by atoms with E-state index in [1.165, 1.54) is 17.5 Å². The number of hydrogen-bond donors (Lipinski definition) is 0. The van der Waals surface area contributed by atoms with Gasteiger partial charge in [-0.25, -0.2) is 0 Å². The highest BCUT2D eigenvalue weighted by Gasteiger charge is 2.19. The second kappa shape index (κ2) is 6.21. The zero-order valence-corrected chi connectivity index (χ0v) is 12.3. The zero-order valence-electron chi connectivity index (χ0n) is 11.5. The topological polar surface area (TPSA) is 17.1 Å². The molecule has 0 bridgehead atoms. The molecule has 0 spiro atoms. The van der Waals surface area contributed by atoms with Crippen LogP contribution >= 0.6 is 11.6 Å². The number of aryl methyl sites for hydroxylation is 1. The quantitative estimate of drug-likeness (QED) is 0.585. The molecule has 1 nitrogen and oxygen atoms in total. The first-order chi connectivity index (χ1) is 9.17. The van der Waals surface area contributed by atoms with E-state index in [0.717, 1.165) is 29.5 Å². The molecule has 0 saturated carbocycles. The lowest BCUT2D eigenvalue weighted by Crippen LogP contribution is -2.04. The van der Waals surface area contributed by atoms with Gasteiger partial charge in [-0.1, -0.05) is 30.4 Å². The van der Waals surface area contributed by atoms with Gasteiger partial charge in [0.05, 0.1) is 0 Å². The SMILES string of the molecule is C/C=C\C(=C/C)c1ccc2c(c1CC(=O)Cl)CCC2. The predicted octanol–water partition coefficient (Wildman–Crippen LogP) is 4.46. The minimum Gasteiger partial charge on any atom is -0.281 e. The molecule has 2 rings (SSSR count). The summed E-state index contributed by atoms with van der Waals surface area (Å²) in [7, 11) is 0. The van der Waals surface area contributed by atoms with Crippen LogP contribution in [0.15, 0.2) is 30.4 Å². The number of halogens is 1. The largest absolute Gasteiger partial charge is 0.281 e. The van der Waals surface area contributed by atoms with E-state index in [4.69, 9.17) is 11.6 Å². The summed E-state index contributed by atoms with van der Waals surface area (Å²) in [4.78, 5) is 11.4. The molecule has 1 aliphatic rings. The molecule has 0 heterocycles. The van der Waals surface area contributed by atoms with Gasteiger partial charge in [0.1, 0.15) is 0 Å². The first-order valence-electron chi connectivity index (χ1n) is 6.78. The summed E-state index contributed by atoms with van der Waals surface area (Å²) in [5.41, 5.74) is 6.16. The van der Waals surface area contributed by atoms with Crippen LogP contribution in [0, 0.1) is 0 Å². The Kier molecular flexibility index (Phi) is 4.60. The van der Waals surface area contributed by atoms with Crippen molar-refractivity contribution >= 4 is 22.4 Å². The van der Waals surface area contributed by atoms with Crippen LogP contribution in [0.5, 0.6) is 0 Å². The molecule has 0 unspecified atom stereocenters. The summed E-state index contributed by atoms with van der Waals surface area (Å²) < 4.78 is 0. The highest BCUT2D eigenvalue weighted by atomic mass is 35.5. The lowest BCUT2D eigenvalue weighted by atomic mass is 9.91. The summed E-state index contributed by atoms with van der Waals surface area (Å²) in [6.45, 7) is 4.03. The van der Waals surface area contributed by atoms with Crippen LogP contribution < -0.4 is 0 Å². The zero-order chi connectivity index (χ0) is 13.8. The molecule has 0 atom stereocenters. The maximum absolute atomic E-state index is 11.4. The van der Waals surface area contributed by atoms with Crippen molar-refractivity contribution in [2.45, 2.75) is 39.5 Å². The van der Waals surface area contributed by atoms with Crippen LogP contribution in [-0.2, 0) is 24.1 Å². The smallest absolute Gasteiger partial charge is 0.226 e. The number of rotatable bonds is 4. The van der Waals surface area contributed by atoms with Crippen LogP contribution in [0.4, 0.5) is 0 Å². The Morgan fingerprint density at radius 1 is 1.32 bits per heavy atom. The Bertz CT molecular complexity index is 553. The van der Waals surface area contributed by atoms with Crippen molar-refractivity contribution in [2.75, 3.05) is 0 Å². The lowest BCUT2D eigenvalue weighted by molar-refractivity contribution is -0.111. The number of benzene rings is 1. The minimum absolute atomic E-state index is 0.280. The van der Waals surface area contributed by atoms with Crippen LogP contribution in [0.1, 0.15) is 42.5 Å². The van der Waals surface area contributed by atoms with Crippen LogP contribution in [-0.4, -0.2) is 5.24 Å². The van der Waals surface area contributed by atoms with Gasteiger partial charge in [0.2, 0.25) is 5.24 Å². The molecule has 0 radical (unpaired) electrons. The summed E-state index contributed by atoms with van der Waals surface area (Å²) in [6, 6.07) is 4.33. The van der Waals surface area contributed by atoms with Crippen LogP contribution in [0.3, 0.4) is 0 Å². The van der Waals surface area contributed by atoms with E-state index in [9.17, 15) is 4.79 Å². The molecular weight excluding hydrogens is 256 g/mol. The number of hydrogen-bond acceptors (Lipinski definition) is 1. The molecule has 0 fully saturated rings. The fourth-order valence-electron chi connectivity index (χ4n) is 2.88. The van der Waals surface area contributed by atoms with E-state index in [-0.39, 0.29) is 5.24 Å². The Labute approximate surface area is 120 Å². The number of carbonyl (C=O) groups excluding carboxylic acids is 1. The minimum atomic E-state index is -0.280. The highest BCUT2D eigenvalue weighted by molar-refractivity contribution is 6.63. The second-order valence-corrected chi connectivity index (χ2v) is 5.28. The van der Waals surface area contributed by atoms with Gasteiger partial charge in [-0.05, 0) is 72.5 Å². The summed E-state index contributed by atoms with van der Waals surface area (Å²) in [5.74, 6) is 0. The van der Waals surface area contributed by atoms with Gasteiger partial charge >= 0.3 is 0 Å². The summed E-state index contributed by atoms with van der Waals surface area (Å²) in [5, 5.41) is -0.280. The van der Waals surface area contributed by atoms with Crippen molar-refractivity contribution in [3.63, 3.8) is 0 Å². The van der Waals surface area contributed by atoms with E-state index in [1.54, 1.807) is 0 Å². The Morgan fingerprint density at radius 3 is 2.74 bits per heavy atom. The van der Waals surface area contributed by atoms with E-state index >= 15 is 0 Å². The molecule has 1 aromatic rings. The molecule has 0 aromatic heterocycles. The van der Waals surface area contributed by atoms with Crippen molar-refractivity contribution < 1.29 is 4.79 Å². The van der Waals surface area contributed by atoms with Crippen molar-refractivity contribution in [3.05, 3.63) is 52.6 Å². The van der Waals surface area contributed by atoms with Gasteiger partial charge in [-0.15, -0.1) is 0 Å². The second-order valence-electron chi connectivity index (χ2n) is 4.86. The van der Waals surface area contributed by atoms with Crippen LogP contribution in [0.25, 0.3) is 5.57 Å². The fourth-order valence-corrected chi connectivity index (χ4v) is 3.01. The molecule has 0 N–H and O–H groups in total. The van der Waals surface area contributed by atoms with Crippen LogP contribution in [0.2, 0.25) is 0 Å². The van der Waals surface area contributed by atoms with Gasteiger partial charge in [0.25, 0.3) is 0 Å². The third-order valence-corrected chi connectivity index (χ3v) is 3.82. The lowest BCUT2D eigenvalue weighted by Gasteiger charge is -2.14. The van der Waals surface area contributed by atoms with Gasteiger partial charge in [-0.3, -0.25) is 4.79 Å². The van der Waals surface area contributed by atoms with Crippen molar-refractivity contribution in [1.82, 2.24) is 0 Å². The summed E-state index contributed by atoms with van der Waals surface area (Å²) >= 11 is 5.63. The molecule has 0 amide bonds. The van der Waals surface area contributed by atoms with E-state index in [2.05, 4.69) is 24.3 Å². The molecule has 2 heteroatoms. The molecule has 0 aliphatic heterocycles.